The third kappa shape index (κ3) is 2.44. The molecule has 0 fully saturated rings. The smallest absolute Gasteiger partial charge is 0.0979 e. The SMILES string of the molecule is c1ccc(-c2ccc3nc4ccccc4nc3c2-c2ccccc2)cc1. The molecule has 2 nitrogen and oxygen atoms in total. The van der Waals surface area contributed by atoms with Gasteiger partial charge >= 0.3 is 0 Å². The van der Waals surface area contributed by atoms with Crippen LogP contribution in [0.1, 0.15) is 0 Å². The molecule has 1 heterocycles. The molecule has 0 spiro atoms. The molecule has 122 valence electrons. The number of nitrogens with zero attached hydrogens (tertiary/aromatic N) is 2. The standard InChI is InChI=1S/C24H16N2/c1-3-9-17(10-4-1)19-15-16-22-24(23(19)18-11-5-2-6-12-18)26-21-14-8-7-13-20(21)25-22/h1-16H. The summed E-state index contributed by atoms with van der Waals surface area (Å²) in [5, 5.41) is 0. The lowest BCUT2D eigenvalue weighted by atomic mass is 9.93. The monoisotopic (exact) mass is 332 g/mol. The Morgan fingerprint density at radius 1 is 0.423 bits per heavy atom. The van der Waals surface area contributed by atoms with Crippen molar-refractivity contribution in [2.24, 2.45) is 0 Å². The molecule has 5 rings (SSSR count). The molecule has 26 heavy (non-hydrogen) atoms. The molecule has 0 aliphatic carbocycles. The molecule has 0 bridgehead atoms. The van der Waals surface area contributed by atoms with E-state index in [1.54, 1.807) is 0 Å². The molecule has 0 atom stereocenters. The summed E-state index contributed by atoms with van der Waals surface area (Å²) in [6.07, 6.45) is 0. The Hall–Kier alpha value is -3.52. The van der Waals surface area contributed by atoms with E-state index in [0.29, 0.717) is 0 Å². The molecule has 0 saturated heterocycles. The van der Waals surface area contributed by atoms with Crippen LogP contribution >= 0.6 is 0 Å². The van der Waals surface area contributed by atoms with E-state index in [9.17, 15) is 0 Å². The Morgan fingerprint density at radius 3 is 1.69 bits per heavy atom. The zero-order valence-electron chi connectivity index (χ0n) is 14.1. The third-order valence-electron chi connectivity index (χ3n) is 4.66. The van der Waals surface area contributed by atoms with Gasteiger partial charge < -0.3 is 0 Å². The van der Waals surface area contributed by atoms with Gasteiger partial charge in [-0.3, -0.25) is 0 Å². The second-order valence-electron chi connectivity index (χ2n) is 6.30. The van der Waals surface area contributed by atoms with Crippen LogP contribution in [-0.2, 0) is 0 Å². The maximum Gasteiger partial charge on any atom is 0.0979 e. The van der Waals surface area contributed by atoms with Crippen LogP contribution in [-0.4, -0.2) is 9.97 Å². The fourth-order valence-electron chi connectivity index (χ4n) is 3.44. The first kappa shape index (κ1) is 14.8. The van der Waals surface area contributed by atoms with Crippen molar-refractivity contribution in [3.05, 3.63) is 97.1 Å². The first-order valence-corrected chi connectivity index (χ1v) is 8.70. The summed E-state index contributed by atoms with van der Waals surface area (Å²) in [7, 11) is 0. The lowest BCUT2D eigenvalue weighted by Crippen LogP contribution is -1.93. The summed E-state index contributed by atoms with van der Waals surface area (Å²) in [5.74, 6) is 0. The molecule has 5 aromatic rings. The lowest BCUT2D eigenvalue weighted by molar-refractivity contribution is 1.39. The van der Waals surface area contributed by atoms with Crippen molar-refractivity contribution in [3.63, 3.8) is 0 Å². The van der Waals surface area contributed by atoms with Crippen molar-refractivity contribution >= 4 is 22.1 Å². The maximum absolute atomic E-state index is 4.98. The first-order chi connectivity index (χ1) is 12.9. The fourth-order valence-corrected chi connectivity index (χ4v) is 3.44. The Balaban J connectivity index is 1.92. The molecule has 0 aliphatic heterocycles. The Labute approximate surface area is 151 Å². The highest BCUT2D eigenvalue weighted by Gasteiger charge is 2.14. The summed E-state index contributed by atoms with van der Waals surface area (Å²) in [5.41, 5.74) is 8.35. The van der Waals surface area contributed by atoms with Crippen LogP contribution in [0.25, 0.3) is 44.3 Å². The van der Waals surface area contributed by atoms with Gasteiger partial charge in [0.1, 0.15) is 0 Å². The summed E-state index contributed by atoms with van der Waals surface area (Å²) in [6.45, 7) is 0. The minimum atomic E-state index is 0.919. The largest absolute Gasteiger partial charge is 0.244 e. The summed E-state index contributed by atoms with van der Waals surface area (Å²) in [6, 6.07) is 33.2. The van der Waals surface area contributed by atoms with Crippen molar-refractivity contribution in [2.45, 2.75) is 0 Å². The van der Waals surface area contributed by atoms with Gasteiger partial charge in [0.2, 0.25) is 0 Å². The molecule has 0 aliphatic rings. The highest BCUT2D eigenvalue weighted by Crippen LogP contribution is 2.37. The van der Waals surface area contributed by atoms with Crippen molar-refractivity contribution < 1.29 is 0 Å². The van der Waals surface area contributed by atoms with E-state index in [1.165, 1.54) is 11.1 Å². The van der Waals surface area contributed by atoms with Crippen molar-refractivity contribution in [2.75, 3.05) is 0 Å². The molecule has 2 heteroatoms. The summed E-state index contributed by atoms with van der Waals surface area (Å²) >= 11 is 0. The van der Waals surface area contributed by atoms with Crippen molar-refractivity contribution in [1.29, 1.82) is 0 Å². The molecular weight excluding hydrogens is 316 g/mol. The van der Waals surface area contributed by atoms with Crippen molar-refractivity contribution in [3.8, 4) is 22.3 Å². The van der Waals surface area contributed by atoms with Gasteiger partial charge in [-0.05, 0) is 34.9 Å². The van der Waals surface area contributed by atoms with E-state index < -0.39 is 0 Å². The van der Waals surface area contributed by atoms with Gasteiger partial charge in [-0.1, -0.05) is 78.9 Å². The van der Waals surface area contributed by atoms with E-state index in [4.69, 9.17) is 9.97 Å². The Morgan fingerprint density at radius 2 is 1.00 bits per heavy atom. The molecule has 1 aromatic heterocycles. The third-order valence-corrected chi connectivity index (χ3v) is 4.66. The van der Waals surface area contributed by atoms with E-state index >= 15 is 0 Å². The van der Waals surface area contributed by atoms with Crippen LogP contribution < -0.4 is 0 Å². The fraction of sp³-hybridized carbons (Fsp3) is 0. The molecule has 0 saturated carbocycles. The molecule has 0 N–H and O–H groups in total. The Bertz CT molecular complexity index is 1210. The lowest BCUT2D eigenvalue weighted by Gasteiger charge is -2.13. The number of hydrogen-bond acceptors (Lipinski definition) is 2. The topological polar surface area (TPSA) is 25.8 Å². The average Bonchev–Trinajstić information content (AvgIpc) is 2.72. The molecule has 0 radical (unpaired) electrons. The minimum absolute atomic E-state index is 0.919. The van der Waals surface area contributed by atoms with E-state index in [1.807, 2.05) is 36.4 Å². The van der Waals surface area contributed by atoms with Gasteiger partial charge in [-0.2, -0.15) is 0 Å². The van der Waals surface area contributed by atoms with Crippen LogP contribution in [0.3, 0.4) is 0 Å². The Kier molecular flexibility index (Phi) is 3.46. The van der Waals surface area contributed by atoms with Crippen LogP contribution in [0.5, 0.6) is 0 Å². The number of para-hydroxylation sites is 2. The number of rotatable bonds is 2. The molecular formula is C24H16N2. The minimum Gasteiger partial charge on any atom is -0.244 e. The van der Waals surface area contributed by atoms with E-state index in [2.05, 4.69) is 60.7 Å². The predicted molar refractivity (Wildman–Crippen MR) is 108 cm³/mol. The van der Waals surface area contributed by atoms with Crippen molar-refractivity contribution in [1.82, 2.24) is 9.97 Å². The quantitative estimate of drug-likeness (QED) is 0.364. The highest BCUT2D eigenvalue weighted by molar-refractivity contribution is 6.02. The van der Waals surface area contributed by atoms with Gasteiger partial charge in [0, 0.05) is 5.56 Å². The molecule has 0 amide bonds. The second kappa shape index (κ2) is 6.08. The van der Waals surface area contributed by atoms with Crippen LogP contribution in [0.2, 0.25) is 0 Å². The van der Waals surface area contributed by atoms with Gasteiger partial charge in [0.15, 0.2) is 0 Å². The van der Waals surface area contributed by atoms with Crippen LogP contribution in [0.15, 0.2) is 97.1 Å². The first-order valence-electron chi connectivity index (χ1n) is 8.70. The normalized spacial score (nSPS) is 11.1. The van der Waals surface area contributed by atoms with Gasteiger partial charge in [0.25, 0.3) is 0 Å². The van der Waals surface area contributed by atoms with Crippen LogP contribution in [0, 0.1) is 0 Å². The number of benzene rings is 4. The summed E-state index contributed by atoms with van der Waals surface area (Å²) < 4.78 is 0. The van der Waals surface area contributed by atoms with E-state index in [0.717, 1.165) is 33.2 Å². The number of fused-ring (bicyclic) bond motifs is 2. The van der Waals surface area contributed by atoms with Gasteiger partial charge in [-0.15, -0.1) is 0 Å². The highest BCUT2D eigenvalue weighted by atomic mass is 14.8. The zero-order chi connectivity index (χ0) is 17.3. The van der Waals surface area contributed by atoms with Gasteiger partial charge in [0.05, 0.1) is 22.1 Å². The molecule has 0 unspecified atom stereocenters. The number of hydrogen-bond donors (Lipinski definition) is 0. The van der Waals surface area contributed by atoms with E-state index in [-0.39, 0.29) is 0 Å². The average molecular weight is 332 g/mol. The number of aromatic nitrogens is 2. The van der Waals surface area contributed by atoms with Gasteiger partial charge in [-0.25, -0.2) is 9.97 Å². The zero-order valence-corrected chi connectivity index (χ0v) is 14.1. The predicted octanol–water partition coefficient (Wildman–Crippen LogP) is 6.12. The summed E-state index contributed by atoms with van der Waals surface area (Å²) in [4.78, 5) is 9.81. The van der Waals surface area contributed by atoms with Crippen LogP contribution in [0.4, 0.5) is 0 Å². The maximum atomic E-state index is 4.98. The molecule has 4 aromatic carbocycles. The second-order valence-corrected chi connectivity index (χ2v) is 6.30.